The normalized spacial score (nSPS) is 17.0. The summed E-state index contributed by atoms with van der Waals surface area (Å²) in [5.74, 6) is -0.0648. The van der Waals surface area contributed by atoms with Crippen LogP contribution in [0.2, 0.25) is 0 Å². The average molecular weight is 452 g/mol. The highest BCUT2D eigenvalue weighted by atomic mass is 16.2. The summed E-state index contributed by atoms with van der Waals surface area (Å²) in [5.41, 5.74) is 2.93. The van der Waals surface area contributed by atoms with Crippen LogP contribution in [0.25, 0.3) is 0 Å². The minimum absolute atomic E-state index is 0.0648. The lowest BCUT2D eigenvalue weighted by Gasteiger charge is -2.40. The van der Waals surface area contributed by atoms with Gasteiger partial charge in [-0.15, -0.1) is 0 Å². The molecule has 1 atom stereocenters. The quantitative estimate of drug-likeness (QED) is 0.513. The van der Waals surface area contributed by atoms with Crippen molar-refractivity contribution < 1.29 is 9.59 Å². The molecule has 2 aromatic rings. The van der Waals surface area contributed by atoms with Crippen LogP contribution in [0.4, 0.5) is 4.79 Å². The molecular formula is C26H37N5O2. The number of rotatable bonds is 9. The molecule has 1 aliphatic rings. The molecule has 1 fully saturated rings. The summed E-state index contributed by atoms with van der Waals surface area (Å²) >= 11 is 0. The summed E-state index contributed by atoms with van der Waals surface area (Å²) in [6, 6.07) is 18.3. The van der Waals surface area contributed by atoms with Gasteiger partial charge in [0, 0.05) is 56.9 Å². The van der Waals surface area contributed by atoms with Crippen LogP contribution in [0.15, 0.2) is 54.6 Å². The number of hydrogen-bond acceptors (Lipinski definition) is 4. The monoisotopic (exact) mass is 451 g/mol. The van der Waals surface area contributed by atoms with E-state index in [2.05, 4.69) is 63.1 Å². The molecule has 178 valence electrons. The average Bonchev–Trinajstić information content (AvgIpc) is 2.81. The highest BCUT2D eigenvalue weighted by Crippen LogP contribution is 2.24. The summed E-state index contributed by atoms with van der Waals surface area (Å²) in [4.78, 5) is 29.1. The number of urea groups is 1. The SMILES string of the molecule is CC(C)NC(=O)NCc1ccc(C(=O)NCCCN2CCN(C)C[C@H]2c2ccccc2)cc1. The molecule has 0 bridgehead atoms. The van der Waals surface area contributed by atoms with E-state index in [0.29, 0.717) is 24.7 Å². The van der Waals surface area contributed by atoms with Gasteiger partial charge in [0.1, 0.15) is 0 Å². The van der Waals surface area contributed by atoms with Crippen LogP contribution in [0, 0.1) is 0 Å². The van der Waals surface area contributed by atoms with E-state index in [4.69, 9.17) is 0 Å². The standard InChI is InChI=1S/C26H37N5O2/c1-20(2)29-26(33)28-18-21-10-12-23(13-11-21)25(32)27-14-7-15-31-17-16-30(3)19-24(31)22-8-5-4-6-9-22/h4-6,8-13,20,24H,7,14-19H2,1-3H3,(H,27,32)(H2,28,29,33)/t24-/m0/s1. The van der Waals surface area contributed by atoms with E-state index in [-0.39, 0.29) is 18.0 Å². The highest BCUT2D eigenvalue weighted by Gasteiger charge is 2.25. The second kappa shape index (κ2) is 12.4. The van der Waals surface area contributed by atoms with Gasteiger partial charge < -0.3 is 20.9 Å². The Labute approximate surface area is 197 Å². The third kappa shape index (κ3) is 7.87. The fourth-order valence-electron chi connectivity index (χ4n) is 4.07. The Hall–Kier alpha value is -2.90. The van der Waals surface area contributed by atoms with Crippen LogP contribution in [0.1, 0.15) is 47.8 Å². The second-order valence-electron chi connectivity index (χ2n) is 9.01. The molecule has 3 N–H and O–H groups in total. The number of carbonyl (C=O) groups excluding carboxylic acids is 2. The maximum absolute atomic E-state index is 12.5. The first kappa shape index (κ1) is 24.7. The number of nitrogens with zero attached hydrogens (tertiary/aromatic N) is 2. The molecule has 1 heterocycles. The van der Waals surface area contributed by atoms with E-state index >= 15 is 0 Å². The van der Waals surface area contributed by atoms with Crippen molar-refractivity contribution in [1.82, 2.24) is 25.8 Å². The molecule has 1 aliphatic heterocycles. The van der Waals surface area contributed by atoms with Gasteiger partial charge in [-0.05, 0) is 50.6 Å². The lowest BCUT2D eigenvalue weighted by molar-refractivity contribution is 0.0866. The maximum Gasteiger partial charge on any atom is 0.315 e. The maximum atomic E-state index is 12.5. The first-order valence-electron chi connectivity index (χ1n) is 11.8. The largest absolute Gasteiger partial charge is 0.352 e. The zero-order chi connectivity index (χ0) is 23.6. The Kier molecular flexibility index (Phi) is 9.27. The van der Waals surface area contributed by atoms with Gasteiger partial charge in [0.25, 0.3) is 5.91 Å². The molecule has 3 rings (SSSR count). The minimum atomic E-state index is -0.193. The number of piperazine rings is 1. The summed E-state index contributed by atoms with van der Waals surface area (Å²) in [6.07, 6.45) is 0.908. The molecule has 0 saturated carbocycles. The van der Waals surface area contributed by atoms with Crippen molar-refractivity contribution in [2.45, 2.75) is 38.9 Å². The van der Waals surface area contributed by atoms with Crippen molar-refractivity contribution in [2.75, 3.05) is 39.8 Å². The zero-order valence-electron chi connectivity index (χ0n) is 20.0. The van der Waals surface area contributed by atoms with Gasteiger partial charge in [-0.25, -0.2) is 4.79 Å². The van der Waals surface area contributed by atoms with Gasteiger partial charge in [-0.1, -0.05) is 42.5 Å². The van der Waals surface area contributed by atoms with Crippen molar-refractivity contribution in [3.05, 3.63) is 71.3 Å². The highest BCUT2D eigenvalue weighted by molar-refractivity contribution is 5.94. The first-order chi connectivity index (χ1) is 15.9. The summed E-state index contributed by atoms with van der Waals surface area (Å²) in [7, 11) is 2.18. The van der Waals surface area contributed by atoms with Gasteiger partial charge in [-0.3, -0.25) is 9.69 Å². The first-order valence-corrected chi connectivity index (χ1v) is 11.8. The Morgan fingerprint density at radius 3 is 2.42 bits per heavy atom. The lowest BCUT2D eigenvalue weighted by atomic mass is 10.0. The van der Waals surface area contributed by atoms with Crippen molar-refractivity contribution in [2.24, 2.45) is 0 Å². The van der Waals surface area contributed by atoms with Gasteiger partial charge in [0.15, 0.2) is 0 Å². The number of likely N-dealkylation sites (N-methyl/N-ethyl adjacent to an activating group) is 1. The smallest absolute Gasteiger partial charge is 0.315 e. The number of benzene rings is 2. The fourth-order valence-corrected chi connectivity index (χ4v) is 4.07. The molecule has 0 aromatic heterocycles. The Morgan fingerprint density at radius 2 is 1.73 bits per heavy atom. The van der Waals surface area contributed by atoms with E-state index in [9.17, 15) is 9.59 Å². The molecule has 33 heavy (non-hydrogen) atoms. The third-order valence-corrected chi connectivity index (χ3v) is 5.88. The van der Waals surface area contributed by atoms with Crippen molar-refractivity contribution in [1.29, 1.82) is 0 Å². The molecule has 0 spiro atoms. The van der Waals surface area contributed by atoms with Crippen LogP contribution >= 0.6 is 0 Å². The minimum Gasteiger partial charge on any atom is -0.352 e. The molecule has 0 radical (unpaired) electrons. The second-order valence-corrected chi connectivity index (χ2v) is 9.01. The number of carbonyl (C=O) groups is 2. The molecule has 0 unspecified atom stereocenters. The summed E-state index contributed by atoms with van der Waals surface area (Å²) in [5, 5.41) is 8.64. The van der Waals surface area contributed by atoms with Crippen LogP contribution < -0.4 is 16.0 Å². The molecule has 2 aromatic carbocycles. The molecule has 7 nitrogen and oxygen atoms in total. The summed E-state index contributed by atoms with van der Waals surface area (Å²) in [6.45, 7) is 8.98. The van der Waals surface area contributed by atoms with Gasteiger partial charge in [0.05, 0.1) is 0 Å². The van der Waals surface area contributed by atoms with E-state index in [1.54, 1.807) is 12.1 Å². The van der Waals surface area contributed by atoms with Gasteiger partial charge in [-0.2, -0.15) is 0 Å². The Balaban J connectivity index is 1.42. The molecular weight excluding hydrogens is 414 g/mol. The van der Waals surface area contributed by atoms with Crippen molar-refractivity contribution in [3.63, 3.8) is 0 Å². The number of nitrogens with one attached hydrogen (secondary N) is 3. The third-order valence-electron chi connectivity index (χ3n) is 5.88. The molecule has 1 saturated heterocycles. The predicted octanol–water partition coefficient (Wildman–Crippen LogP) is 3.00. The Bertz CT molecular complexity index is 885. The number of hydrogen-bond donors (Lipinski definition) is 3. The van der Waals surface area contributed by atoms with Crippen LogP contribution in [0.3, 0.4) is 0 Å². The molecule has 7 heteroatoms. The van der Waals surface area contributed by atoms with E-state index in [0.717, 1.165) is 38.2 Å². The Morgan fingerprint density at radius 1 is 1.00 bits per heavy atom. The van der Waals surface area contributed by atoms with Crippen molar-refractivity contribution >= 4 is 11.9 Å². The van der Waals surface area contributed by atoms with E-state index in [1.165, 1.54) is 5.56 Å². The van der Waals surface area contributed by atoms with Crippen LogP contribution in [-0.2, 0) is 6.54 Å². The van der Waals surface area contributed by atoms with Crippen LogP contribution in [-0.4, -0.2) is 67.6 Å². The molecule has 3 amide bonds. The van der Waals surface area contributed by atoms with Gasteiger partial charge >= 0.3 is 6.03 Å². The topological polar surface area (TPSA) is 76.7 Å². The zero-order valence-corrected chi connectivity index (χ0v) is 20.0. The predicted molar refractivity (Wildman–Crippen MR) is 132 cm³/mol. The number of amides is 3. The fraction of sp³-hybridized carbons (Fsp3) is 0.462. The molecule has 0 aliphatic carbocycles. The lowest BCUT2D eigenvalue weighted by Crippen LogP contribution is -2.47. The van der Waals surface area contributed by atoms with Gasteiger partial charge in [0.2, 0.25) is 0 Å². The van der Waals surface area contributed by atoms with E-state index in [1.807, 2.05) is 26.0 Å². The summed E-state index contributed by atoms with van der Waals surface area (Å²) < 4.78 is 0. The van der Waals surface area contributed by atoms with E-state index < -0.39 is 0 Å². The van der Waals surface area contributed by atoms with Crippen LogP contribution in [0.5, 0.6) is 0 Å². The van der Waals surface area contributed by atoms with Crippen molar-refractivity contribution in [3.8, 4) is 0 Å².